The van der Waals surface area contributed by atoms with Crippen LogP contribution < -0.4 is 0 Å². The zero-order chi connectivity index (χ0) is 14.7. The second-order valence-electron chi connectivity index (χ2n) is 4.84. The summed E-state index contributed by atoms with van der Waals surface area (Å²) in [7, 11) is 0. The van der Waals surface area contributed by atoms with Crippen molar-refractivity contribution in [1.82, 2.24) is 14.1 Å². The van der Waals surface area contributed by atoms with Gasteiger partial charge in [-0.05, 0) is 18.6 Å². The maximum Gasteiger partial charge on any atom is 0.325 e. The van der Waals surface area contributed by atoms with Crippen LogP contribution in [0.15, 0.2) is 49.2 Å². The average Bonchev–Trinajstić information content (AvgIpc) is 3.09. The summed E-state index contributed by atoms with van der Waals surface area (Å²) in [5.74, 6) is -0.215. The van der Waals surface area contributed by atoms with E-state index in [-0.39, 0.29) is 12.5 Å². The molecular formula is C16H17N3O2. The molecule has 5 nitrogen and oxygen atoms in total. The first-order valence-electron chi connectivity index (χ1n) is 6.96. The molecule has 2 heterocycles. The van der Waals surface area contributed by atoms with E-state index in [1.165, 1.54) is 0 Å². The van der Waals surface area contributed by atoms with E-state index in [2.05, 4.69) is 11.1 Å². The summed E-state index contributed by atoms with van der Waals surface area (Å²) in [6.07, 6.45) is 7.49. The van der Waals surface area contributed by atoms with Crippen LogP contribution in [0.1, 0.15) is 12.5 Å². The van der Waals surface area contributed by atoms with Crippen molar-refractivity contribution in [3.05, 3.63) is 54.7 Å². The number of esters is 1. The molecule has 0 saturated carbocycles. The summed E-state index contributed by atoms with van der Waals surface area (Å²) in [5, 5.41) is 1.15. The van der Waals surface area contributed by atoms with Gasteiger partial charge < -0.3 is 13.9 Å². The molecule has 3 aromatic rings. The molecule has 1 aromatic carbocycles. The minimum Gasteiger partial charge on any atom is -0.465 e. The fourth-order valence-corrected chi connectivity index (χ4v) is 2.50. The molecule has 108 valence electrons. The number of aromatic nitrogens is 3. The number of hydrogen-bond donors (Lipinski definition) is 0. The zero-order valence-corrected chi connectivity index (χ0v) is 11.9. The maximum atomic E-state index is 11.7. The molecule has 0 fully saturated rings. The highest BCUT2D eigenvalue weighted by Crippen LogP contribution is 2.22. The average molecular weight is 283 g/mol. The fourth-order valence-electron chi connectivity index (χ4n) is 2.50. The van der Waals surface area contributed by atoms with Crippen molar-refractivity contribution >= 4 is 16.9 Å². The number of ether oxygens (including phenoxy) is 1. The molecular weight excluding hydrogens is 266 g/mol. The SMILES string of the molecule is CCOC(=O)Cn1cc(Cn2ccnc2)c2ccccc21. The third kappa shape index (κ3) is 2.81. The lowest BCUT2D eigenvalue weighted by Gasteiger charge is -2.04. The molecule has 0 amide bonds. The minimum atomic E-state index is -0.215. The van der Waals surface area contributed by atoms with Crippen LogP contribution in [0, 0.1) is 0 Å². The number of para-hydroxylation sites is 1. The number of hydrogen-bond acceptors (Lipinski definition) is 3. The molecule has 21 heavy (non-hydrogen) atoms. The second kappa shape index (κ2) is 5.83. The van der Waals surface area contributed by atoms with E-state index in [9.17, 15) is 4.79 Å². The van der Waals surface area contributed by atoms with Gasteiger partial charge in [0.2, 0.25) is 0 Å². The topological polar surface area (TPSA) is 49.0 Å². The Bertz CT molecular complexity index is 744. The number of fused-ring (bicyclic) bond motifs is 1. The molecule has 0 saturated heterocycles. The molecule has 0 aliphatic carbocycles. The van der Waals surface area contributed by atoms with Crippen LogP contribution in [-0.2, 0) is 22.6 Å². The van der Waals surface area contributed by atoms with Crippen molar-refractivity contribution < 1.29 is 9.53 Å². The first-order valence-corrected chi connectivity index (χ1v) is 6.96. The number of rotatable bonds is 5. The summed E-state index contributed by atoms with van der Waals surface area (Å²) >= 11 is 0. The maximum absolute atomic E-state index is 11.7. The van der Waals surface area contributed by atoms with E-state index in [4.69, 9.17) is 4.74 Å². The van der Waals surface area contributed by atoms with E-state index in [0.29, 0.717) is 6.61 Å². The first-order chi connectivity index (χ1) is 10.3. The number of imidazole rings is 1. The smallest absolute Gasteiger partial charge is 0.325 e. The quantitative estimate of drug-likeness (QED) is 0.676. The minimum absolute atomic E-state index is 0.215. The highest BCUT2D eigenvalue weighted by atomic mass is 16.5. The molecule has 3 rings (SSSR count). The summed E-state index contributed by atoms with van der Waals surface area (Å²) in [5.41, 5.74) is 2.20. The van der Waals surface area contributed by atoms with E-state index >= 15 is 0 Å². The van der Waals surface area contributed by atoms with E-state index in [0.717, 1.165) is 23.0 Å². The highest BCUT2D eigenvalue weighted by Gasteiger charge is 2.11. The molecule has 0 aliphatic heterocycles. The number of benzene rings is 1. The number of carbonyl (C=O) groups is 1. The zero-order valence-electron chi connectivity index (χ0n) is 11.9. The molecule has 0 bridgehead atoms. The number of nitrogens with zero attached hydrogens (tertiary/aromatic N) is 3. The highest BCUT2D eigenvalue weighted by molar-refractivity contribution is 5.85. The largest absolute Gasteiger partial charge is 0.465 e. The Balaban J connectivity index is 1.95. The van der Waals surface area contributed by atoms with Crippen molar-refractivity contribution in [1.29, 1.82) is 0 Å². The van der Waals surface area contributed by atoms with Gasteiger partial charge in [0.15, 0.2) is 0 Å². The van der Waals surface area contributed by atoms with Gasteiger partial charge in [0.1, 0.15) is 6.54 Å². The Hall–Kier alpha value is -2.56. The van der Waals surface area contributed by atoms with Gasteiger partial charge in [-0.25, -0.2) is 4.98 Å². The van der Waals surface area contributed by atoms with Gasteiger partial charge in [-0.15, -0.1) is 0 Å². The van der Waals surface area contributed by atoms with E-state index in [1.807, 2.05) is 46.7 Å². The normalized spacial score (nSPS) is 10.9. The molecule has 0 N–H and O–H groups in total. The van der Waals surface area contributed by atoms with E-state index in [1.54, 1.807) is 12.5 Å². The van der Waals surface area contributed by atoms with Crippen LogP contribution in [0.4, 0.5) is 0 Å². The van der Waals surface area contributed by atoms with Gasteiger partial charge in [0.25, 0.3) is 0 Å². The lowest BCUT2D eigenvalue weighted by atomic mass is 10.2. The Kier molecular flexibility index (Phi) is 3.73. The monoisotopic (exact) mass is 283 g/mol. The summed E-state index contributed by atoms with van der Waals surface area (Å²) in [6.45, 7) is 3.19. The number of carbonyl (C=O) groups excluding carboxylic acids is 1. The van der Waals surface area contributed by atoms with Crippen molar-refractivity contribution in [3.8, 4) is 0 Å². The van der Waals surface area contributed by atoms with Crippen LogP contribution in [0.25, 0.3) is 10.9 Å². The lowest BCUT2D eigenvalue weighted by Crippen LogP contribution is -2.12. The Labute approximate surface area is 122 Å². The third-order valence-corrected chi connectivity index (χ3v) is 3.39. The van der Waals surface area contributed by atoms with Gasteiger partial charge in [-0.3, -0.25) is 4.79 Å². The standard InChI is InChI=1S/C16H17N3O2/c1-2-21-16(20)11-19-10-13(9-18-8-7-17-12-18)14-5-3-4-6-15(14)19/h3-8,10,12H,2,9,11H2,1H3. The lowest BCUT2D eigenvalue weighted by molar-refractivity contribution is -0.143. The van der Waals surface area contributed by atoms with Crippen LogP contribution >= 0.6 is 0 Å². The predicted molar refractivity (Wildman–Crippen MR) is 79.9 cm³/mol. The predicted octanol–water partition coefficient (Wildman–Crippen LogP) is 2.45. The molecule has 0 atom stereocenters. The molecule has 5 heteroatoms. The van der Waals surface area contributed by atoms with Crippen molar-refractivity contribution in [2.75, 3.05) is 6.61 Å². The van der Waals surface area contributed by atoms with Crippen molar-refractivity contribution in [2.24, 2.45) is 0 Å². The van der Waals surface area contributed by atoms with Gasteiger partial charge in [-0.2, -0.15) is 0 Å². The second-order valence-corrected chi connectivity index (χ2v) is 4.84. The van der Waals surface area contributed by atoms with Gasteiger partial charge in [-0.1, -0.05) is 18.2 Å². The Morgan fingerprint density at radius 1 is 1.33 bits per heavy atom. The van der Waals surface area contributed by atoms with E-state index < -0.39 is 0 Å². The molecule has 0 spiro atoms. The van der Waals surface area contributed by atoms with Crippen LogP contribution in [0.5, 0.6) is 0 Å². The summed E-state index contributed by atoms with van der Waals surface area (Å²) in [6, 6.07) is 8.08. The molecule has 2 aromatic heterocycles. The Morgan fingerprint density at radius 3 is 2.95 bits per heavy atom. The summed E-state index contributed by atoms with van der Waals surface area (Å²) < 4.78 is 8.99. The van der Waals surface area contributed by atoms with Crippen molar-refractivity contribution in [3.63, 3.8) is 0 Å². The van der Waals surface area contributed by atoms with Crippen molar-refractivity contribution in [2.45, 2.75) is 20.0 Å². The molecule has 0 unspecified atom stereocenters. The van der Waals surface area contributed by atoms with Crippen LogP contribution in [0.2, 0.25) is 0 Å². The van der Waals surface area contributed by atoms with Crippen LogP contribution in [0.3, 0.4) is 0 Å². The van der Waals surface area contributed by atoms with Gasteiger partial charge in [0, 0.05) is 29.5 Å². The first kappa shape index (κ1) is 13.4. The Morgan fingerprint density at radius 2 is 2.19 bits per heavy atom. The fraction of sp³-hybridized carbons (Fsp3) is 0.250. The van der Waals surface area contributed by atoms with Gasteiger partial charge >= 0.3 is 5.97 Å². The molecule has 0 aliphatic rings. The van der Waals surface area contributed by atoms with Crippen LogP contribution in [-0.4, -0.2) is 26.7 Å². The third-order valence-electron chi connectivity index (χ3n) is 3.39. The van der Waals surface area contributed by atoms with Gasteiger partial charge in [0.05, 0.1) is 19.5 Å². The molecule has 0 radical (unpaired) electrons. The summed E-state index contributed by atoms with van der Waals surface area (Å²) in [4.78, 5) is 15.8.